The fraction of sp³-hybridized carbons (Fsp3) is 0.900. The van der Waals surface area contributed by atoms with Gasteiger partial charge < -0.3 is 14.6 Å². The van der Waals surface area contributed by atoms with Crippen molar-refractivity contribution in [2.24, 2.45) is 11.8 Å². The van der Waals surface area contributed by atoms with E-state index in [4.69, 9.17) is 9.47 Å². The first-order valence-corrected chi connectivity index (χ1v) is 5.04. The summed E-state index contributed by atoms with van der Waals surface area (Å²) in [5.41, 5.74) is 0. The standard InChI is InChI=1S/C10H17FO4/c1-5-6(2)9(11)10(13)15-8(5)4-14-7(3)12/h5-6,8-10,13H,4H2,1-3H3/t5-,6-,8?,9?,10?/m0/s1. The summed E-state index contributed by atoms with van der Waals surface area (Å²) in [7, 11) is 0. The third kappa shape index (κ3) is 2.89. The maximum absolute atomic E-state index is 13.3. The van der Waals surface area contributed by atoms with Crippen LogP contribution in [0.1, 0.15) is 20.8 Å². The van der Waals surface area contributed by atoms with Crippen molar-refractivity contribution in [2.45, 2.75) is 39.3 Å². The number of hydrogen-bond acceptors (Lipinski definition) is 4. The van der Waals surface area contributed by atoms with Gasteiger partial charge in [-0.25, -0.2) is 4.39 Å². The van der Waals surface area contributed by atoms with Crippen LogP contribution in [0.2, 0.25) is 0 Å². The number of aliphatic hydroxyl groups is 1. The van der Waals surface area contributed by atoms with E-state index in [9.17, 15) is 14.3 Å². The second-order valence-electron chi connectivity index (χ2n) is 4.03. The van der Waals surface area contributed by atoms with Gasteiger partial charge in [0.1, 0.15) is 6.61 Å². The number of halogens is 1. The van der Waals surface area contributed by atoms with Gasteiger partial charge in [-0.3, -0.25) is 4.79 Å². The molecular formula is C10H17FO4. The molecule has 1 N–H and O–H groups in total. The molecule has 0 spiro atoms. The van der Waals surface area contributed by atoms with Gasteiger partial charge in [0, 0.05) is 6.92 Å². The second-order valence-corrected chi connectivity index (χ2v) is 4.03. The molecule has 1 heterocycles. The summed E-state index contributed by atoms with van der Waals surface area (Å²) in [4.78, 5) is 10.6. The summed E-state index contributed by atoms with van der Waals surface area (Å²) in [6.07, 6.45) is -3.24. The van der Waals surface area contributed by atoms with Crippen molar-refractivity contribution in [3.63, 3.8) is 0 Å². The SMILES string of the molecule is CC(=O)OCC1OC(O)C(F)[C@@H](C)[C@@H]1C. The predicted octanol–water partition coefficient (Wildman–Crippen LogP) is 0.877. The molecule has 4 nitrogen and oxygen atoms in total. The molecule has 0 aromatic carbocycles. The number of esters is 1. The van der Waals surface area contributed by atoms with Crippen LogP contribution in [-0.4, -0.2) is 36.2 Å². The molecule has 15 heavy (non-hydrogen) atoms. The van der Waals surface area contributed by atoms with Crippen molar-refractivity contribution >= 4 is 5.97 Å². The van der Waals surface area contributed by atoms with Crippen LogP contribution in [-0.2, 0) is 14.3 Å². The lowest BCUT2D eigenvalue weighted by atomic mass is 9.84. The van der Waals surface area contributed by atoms with E-state index in [-0.39, 0.29) is 18.4 Å². The summed E-state index contributed by atoms with van der Waals surface area (Å²) < 4.78 is 23.1. The van der Waals surface area contributed by atoms with Crippen LogP contribution in [0.3, 0.4) is 0 Å². The molecule has 1 saturated heterocycles. The molecule has 1 aliphatic rings. The lowest BCUT2D eigenvalue weighted by molar-refractivity contribution is -0.240. The third-order valence-corrected chi connectivity index (χ3v) is 2.96. The topological polar surface area (TPSA) is 55.8 Å². The Balaban J connectivity index is 2.54. The van der Waals surface area contributed by atoms with Gasteiger partial charge in [-0.15, -0.1) is 0 Å². The van der Waals surface area contributed by atoms with Crippen LogP contribution in [0.25, 0.3) is 0 Å². The van der Waals surface area contributed by atoms with E-state index in [1.165, 1.54) is 6.92 Å². The van der Waals surface area contributed by atoms with E-state index in [2.05, 4.69) is 0 Å². The molecule has 1 fully saturated rings. The van der Waals surface area contributed by atoms with Crippen LogP contribution in [0.15, 0.2) is 0 Å². The first-order valence-electron chi connectivity index (χ1n) is 5.04. The Hall–Kier alpha value is -0.680. The average Bonchev–Trinajstić information content (AvgIpc) is 2.18. The summed E-state index contributed by atoms with van der Waals surface area (Å²) in [6, 6.07) is 0. The molecular weight excluding hydrogens is 203 g/mol. The van der Waals surface area contributed by atoms with Gasteiger partial charge >= 0.3 is 5.97 Å². The zero-order valence-corrected chi connectivity index (χ0v) is 9.14. The van der Waals surface area contributed by atoms with Gasteiger partial charge in [0.2, 0.25) is 0 Å². The zero-order chi connectivity index (χ0) is 11.6. The summed E-state index contributed by atoms with van der Waals surface area (Å²) in [5, 5.41) is 9.26. The lowest BCUT2D eigenvalue weighted by Gasteiger charge is -2.38. The number of aliphatic hydroxyl groups excluding tert-OH is 1. The highest BCUT2D eigenvalue weighted by Crippen LogP contribution is 2.31. The van der Waals surface area contributed by atoms with E-state index < -0.39 is 24.5 Å². The molecule has 0 aromatic rings. The Morgan fingerprint density at radius 1 is 1.47 bits per heavy atom. The molecule has 5 heteroatoms. The monoisotopic (exact) mass is 220 g/mol. The maximum atomic E-state index is 13.3. The minimum Gasteiger partial charge on any atom is -0.463 e. The predicted molar refractivity (Wildman–Crippen MR) is 50.7 cm³/mol. The van der Waals surface area contributed by atoms with E-state index in [1.54, 1.807) is 6.92 Å². The van der Waals surface area contributed by atoms with Crippen molar-refractivity contribution in [1.29, 1.82) is 0 Å². The third-order valence-electron chi connectivity index (χ3n) is 2.96. The molecule has 3 unspecified atom stereocenters. The van der Waals surface area contributed by atoms with Crippen LogP contribution in [0, 0.1) is 11.8 Å². The first-order chi connectivity index (χ1) is 6.93. The maximum Gasteiger partial charge on any atom is 0.302 e. The smallest absolute Gasteiger partial charge is 0.302 e. The minimum atomic E-state index is -1.42. The molecule has 0 bridgehead atoms. The molecule has 5 atom stereocenters. The highest BCUT2D eigenvalue weighted by molar-refractivity contribution is 5.65. The Morgan fingerprint density at radius 2 is 2.07 bits per heavy atom. The fourth-order valence-electron chi connectivity index (χ4n) is 1.66. The number of ether oxygens (including phenoxy) is 2. The van der Waals surface area contributed by atoms with Crippen molar-refractivity contribution in [3.05, 3.63) is 0 Å². The zero-order valence-electron chi connectivity index (χ0n) is 9.14. The van der Waals surface area contributed by atoms with E-state index in [0.29, 0.717) is 0 Å². The first kappa shape index (κ1) is 12.4. The average molecular weight is 220 g/mol. The van der Waals surface area contributed by atoms with E-state index in [1.807, 2.05) is 6.92 Å². The number of carbonyl (C=O) groups is 1. The highest BCUT2D eigenvalue weighted by Gasteiger charge is 2.41. The highest BCUT2D eigenvalue weighted by atomic mass is 19.1. The molecule has 0 amide bonds. The number of rotatable bonds is 2. The lowest BCUT2D eigenvalue weighted by Crippen LogP contribution is -2.48. The van der Waals surface area contributed by atoms with Crippen LogP contribution < -0.4 is 0 Å². The summed E-state index contributed by atoms with van der Waals surface area (Å²) >= 11 is 0. The van der Waals surface area contributed by atoms with E-state index >= 15 is 0 Å². The molecule has 88 valence electrons. The molecule has 0 aromatic heterocycles. The van der Waals surface area contributed by atoms with Crippen LogP contribution >= 0.6 is 0 Å². The van der Waals surface area contributed by atoms with Gasteiger partial charge in [-0.2, -0.15) is 0 Å². The van der Waals surface area contributed by atoms with Gasteiger partial charge in [-0.1, -0.05) is 13.8 Å². The quantitative estimate of drug-likeness (QED) is 0.702. The Kier molecular flexibility index (Phi) is 4.04. The van der Waals surface area contributed by atoms with Crippen LogP contribution in [0.4, 0.5) is 4.39 Å². The van der Waals surface area contributed by atoms with Gasteiger partial charge in [0.05, 0.1) is 6.10 Å². The van der Waals surface area contributed by atoms with Gasteiger partial charge in [0.25, 0.3) is 0 Å². The van der Waals surface area contributed by atoms with Crippen molar-refractivity contribution in [2.75, 3.05) is 6.61 Å². The molecule has 0 radical (unpaired) electrons. The Morgan fingerprint density at radius 3 is 2.60 bits per heavy atom. The van der Waals surface area contributed by atoms with Crippen LogP contribution in [0.5, 0.6) is 0 Å². The molecule has 1 aliphatic heterocycles. The molecule has 1 rings (SSSR count). The fourth-order valence-corrected chi connectivity index (χ4v) is 1.66. The Labute approximate surface area is 88.4 Å². The normalized spacial score (nSPS) is 41.3. The number of alkyl halides is 1. The minimum absolute atomic E-state index is 0.0601. The van der Waals surface area contributed by atoms with Gasteiger partial charge in [0.15, 0.2) is 12.5 Å². The second kappa shape index (κ2) is 4.90. The van der Waals surface area contributed by atoms with Crippen molar-refractivity contribution < 1.29 is 23.8 Å². The molecule has 0 saturated carbocycles. The Bertz CT molecular complexity index is 233. The number of hydrogen-bond donors (Lipinski definition) is 1. The van der Waals surface area contributed by atoms with Gasteiger partial charge in [-0.05, 0) is 11.8 Å². The summed E-state index contributed by atoms with van der Waals surface area (Å²) in [6.45, 7) is 4.88. The largest absolute Gasteiger partial charge is 0.463 e. The number of carbonyl (C=O) groups excluding carboxylic acids is 1. The summed E-state index contributed by atoms with van der Waals surface area (Å²) in [5.74, 6) is -0.813. The molecule has 0 aliphatic carbocycles. The van der Waals surface area contributed by atoms with Crippen molar-refractivity contribution in [3.8, 4) is 0 Å². The van der Waals surface area contributed by atoms with E-state index in [0.717, 1.165) is 0 Å². The van der Waals surface area contributed by atoms with Crippen molar-refractivity contribution in [1.82, 2.24) is 0 Å².